The quantitative estimate of drug-likeness (QED) is 0.880. The molecule has 4 nitrogen and oxygen atoms in total. The molecule has 0 saturated heterocycles. The van der Waals surface area contributed by atoms with E-state index in [0.29, 0.717) is 6.61 Å². The van der Waals surface area contributed by atoms with Gasteiger partial charge in [0.25, 0.3) is 0 Å². The molecule has 3 N–H and O–H groups in total. The van der Waals surface area contributed by atoms with Crippen LogP contribution in [-0.2, 0) is 11.3 Å². The summed E-state index contributed by atoms with van der Waals surface area (Å²) in [5.41, 5.74) is 6.72. The number of hydrogen-bond acceptors (Lipinski definition) is 3. The van der Waals surface area contributed by atoms with Crippen molar-refractivity contribution >= 4 is 6.09 Å². The number of rotatable bonds is 3. The minimum absolute atomic E-state index is 0.174. The largest absolute Gasteiger partial charge is 0.445 e. The fourth-order valence-electron chi connectivity index (χ4n) is 2.66. The first kappa shape index (κ1) is 13.9. The van der Waals surface area contributed by atoms with Crippen LogP contribution in [0.2, 0.25) is 0 Å². The van der Waals surface area contributed by atoms with Crippen molar-refractivity contribution in [2.75, 3.05) is 0 Å². The monoisotopic (exact) mass is 262 g/mol. The van der Waals surface area contributed by atoms with Crippen molar-refractivity contribution in [1.82, 2.24) is 5.32 Å². The molecule has 19 heavy (non-hydrogen) atoms. The van der Waals surface area contributed by atoms with Crippen molar-refractivity contribution in [3.8, 4) is 0 Å². The minimum Gasteiger partial charge on any atom is -0.445 e. The van der Waals surface area contributed by atoms with Crippen LogP contribution in [0, 0.1) is 0 Å². The van der Waals surface area contributed by atoms with Gasteiger partial charge in [0.2, 0.25) is 0 Å². The van der Waals surface area contributed by atoms with Crippen molar-refractivity contribution in [2.45, 2.75) is 50.8 Å². The highest BCUT2D eigenvalue weighted by Gasteiger charge is 2.32. The average molecular weight is 262 g/mol. The second-order valence-corrected chi connectivity index (χ2v) is 5.60. The van der Waals surface area contributed by atoms with E-state index in [0.717, 1.165) is 31.2 Å². The second-order valence-electron chi connectivity index (χ2n) is 5.60. The highest BCUT2D eigenvalue weighted by atomic mass is 16.5. The van der Waals surface area contributed by atoms with Crippen LogP contribution in [-0.4, -0.2) is 17.7 Å². The van der Waals surface area contributed by atoms with E-state index in [1.54, 1.807) is 0 Å². The lowest BCUT2D eigenvalue weighted by molar-refractivity contribution is 0.119. The molecule has 0 radical (unpaired) electrons. The summed E-state index contributed by atoms with van der Waals surface area (Å²) in [5.74, 6) is 0. The third kappa shape index (κ3) is 4.24. The number of nitrogens with one attached hydrogen (secondary N) is 1. The molecule has 1 fully saturated rings. The molecule has 0 heterocycles. The molecule has 0 aromatic heterocycles. The third-order valence-corrected chi connectivity index (χ3v) is 3.63. The Bertz CT molecular complexity index is 421. The first-order chi connectivity index (χ1) is 9.07. The van der Waals surface area contributed by atoms with Crippen LogP contribution in [0.5, 0.6) is 0 Å². The van der Waals surface area contributed by atoms with Gasteiger partial charge in [0, 0.05) is 11.6 Å². The van der Waals surface area contributed by atoms with Crippen LogP contribution in [0.15, 0.2) is 30.3 Å². The number of hydrogen-bond donors (Lipinski definition) is 2. The summed E-state index contributed by atoms with van der Waals surface area (Å²) in [5, 5.41) is 2.95. The summed E-state index contributed by atoms with van der Waals surface area (Å²) < 4.78 is 5.24. The second kappa shape index (κ2) is 6.06. The Kier molecular flexibility index (Phi) is 4.43. The molecule has 0 aliphatic heterocycles. The number of carbonyl (C=O) groups is 1. The number of amides is 1. The Morgan fingerprint density at radius 2 is 2.21 bits per heavy atom. The predicted molar refractivity (Wildman–Crippen MR) is 74.6 cm³/mol. The van der Waals surface area contributed by atoms with E-state index < -0.39 is 0 Å². The number of alkyl carbamates (subject to hydrolysis) is 1. The molecule has 1 amide bonds. The van der Waals surface area contributed by atoms with E-state index in [4.69, 9.17) is 10.5 Å². The fraction of sp³-hybridized carbons (Fsp3) is 0.533. The van der Waals surface area contributed by atoms with E-state index in [-0.39, 0.29) is 17.7 Å². The molecular formula is C15H22N2O2. The molecule has 1 aromatic rings. The molecule has 2 unspecified atom stereocenters. The lowest BCUT2D eigenvalue weighted by atomic mass is 9.81. The van der Waals surface area contributed by atoms with Gasteiger partial charge in [0.05, 0.1) is 0 Å². The minimum atomic E-state index is -0.361. The zero-order chi connectivity index (χ0) is 13.7. The zero-order valence-electron chi connectivity index (χ0n) is 11.4. The van der Waals surface area contributed by atoms with Gasteiger partial charge >= 0.3 is 6.09 Å². The highest BCUT2D eigenvalue weighted by molar-refractivity contribution is 5.68. The van der Waals surface area contributed by atoms with Crippen LogP contribution in [0.4, 0.5) is 4.79 Å². The van der Waals surface area contributed by atoms with Crippen molar-refractivity contribution in [2.24, 2.45) is 5.73 Å². The van der Waals surface area contributed by atoms with Gasteiger partial charge in [-0.15, -0.1) is 0 Å². The van der Waals surface area contributed by atoms with E-state index in [2.05, 4.69) is 5.32 Å². The lowest BCUT2D eigenvalue weighted by Gasteiger charge is -2.37. The van der Waals surface area contributed by atoms with Crippen molar-refractivity contribution in [1.29, 1.82) is 0 Å². The van der Waals surface area contributed by atoms with Gasteiger partial charge in [0.1, 0.15) is 6.61 Å². The molecule has 1 saturated carbocycles. The summed E-state index contributed by atoms with van der Waals surface area (Å²) in [6, 6.07) is 9.84. The van der Waals surface area contributed by atoms with Gasteiger partial charge in [-0.1, -0.05) is 30.3 Å². The van der Waals surface area contributed by atoms with Gasteiger partial charge in [-0.05, 0) is 38.2 Å². The average Bonchev–Trinajstić information content (AvgIpc) is 2.37. The van der Waals surface area contributed by atoms with Crippen LogP contribution >= 0.6 is 0 Å². The Labute approximate surface area is 114 Å². The first-order valence-electron chi connectivity index (χ1n) is 6.82. The van der Waals surface area contributed by atoms with Crippen molar-refractivity contribution in [3.63, 3.8) is 0 Å². The van der Waals surface area contributed by atoms with Crippen molar-refractivity contribution in [3.05, 3.63) is 35.9 Å². The topological polar surface area (TPSA) is 64.3 Å². The molecule has 1 aromatic carbocycles. The summed E-state index contributed by atoms with van der Waals surface area (Å²) in [6.45, 7) is 2.34. The fourth-order valence-corrected chi connectivity index (χ4v) is 2.66. The SMILES string of the molecule is CC1(NC(=O)OCc2ccccc2)CCCC(N)C1. The van der Waals surface area contributed by atoms with E-state index in [9.17, 15) is 4.79 Å². The molecule has 2 atom stereocenters. The summed E-state index contributed by atoms with van der Waals surface area (Å²) in [7, 11) is 0. The molecule has 1 aliphatic rings. The number of carbonyl (C=O) groups excluding carboxylic acids is 1. The normalized spacial score (nSPS) is 26.7. The molecule has 0 spiro atoms. The standard InChI is InChI=1S/C15H22N2O2/c1-15(9-5-8-13(16)10-15)17-14(18)19-11-12-6-3-2-4-7-12/h2-4,6-7,13H,5,8-11,16H2,1H3,(H,17,18). The molecule has 1 aliphatic carbocycles. The first-order valence-corrected chi connectivity index (χ1v) is 6.82. The maximum Gasteiger partial charge on any atom is 0.407 e. The molecular weight excluding hydrogens is 240 g/mol. The molecule has 0 bridgehead atoms. The summed E-state index contributed by atoms with van der Waals surface area (Å²) in [6.07, 6.45) is 3.50. The van der Waals surface area contributed by atoms with Crippen LogP contribution in [0.25, 0.3) is 0 Å². The van der Waals surface area contributed by atoms with Crippen LogP contribution < -0.4 is 11.1 Å². The lowest BCUT2D eigenvalue weighted by Crippen LogP contribution is -2.51. The molecule has 104 valence electrons. The smallest absolute Gasteiger partial charge is 0.407 e. The van der Waals surface area contributed by atoms with Crippen LogP contribution in [0.3, 0.4) is 0 Å². The summed E-state index contributed by atoms with van der Waals surface area (Å²) in [4.78, 5) is 11.8. The maximum absolute atomic E-state index is 11.8. The Morgan fingerprint density at radius 1 is 1.47 bits per heavy atom. The predicted octanol–water partition coefficient (Wildman–Crippen LogP) is 2.57. The van der Waals surface area contributed by atoms with Gasteiger partial charge in [-0.2, -0.15) is 0 Å². The molecule has 4 heteroatoms. The van der Waals surface area contributed by atoms with E-state index in [1.807, 2.05) is 37.3 Å². The van der Waals surface area contributed by atoms with Gasteiger partial charge < -0.3 is 15.8 Å². The maximum atomic E-state index is 11.8. The summed E-state index contributed by atoms with van der Waals surface area (Å²) >= 11 is 0. The highest BCUT2D eigenvalue weighted by Crippen LogP contribution is 2.27. The Morgan fingerprint density at radius 3 is 2.89 bits per heavy atom. The third-order valence-electron chi connectivity index (χ3n) is 3.63. The number of nitrogens with two attached hydrogens (primary N) is 1. The van der Waals surface area contributed by atoms with Gasteiger partial charge in [-0.25, -0.2) is 4.79 Å². The van der Waals surface area contributed by atoms with Crippen LogP contribution in [0.1, 0.15) is 38.2 Å². The Balaban J connectivity index is 1.81. The Hall–Kier alpha value is -1.55. The van der Waals surface area contributed by atoms with Crippen molar-refractivity contribution < 1.29 is 9.53 Å². The van der Waals surface area contributed by atoms with Gasteiger partial charge in [-0.3, -0.25) is 0 Å². The number of ether oxygens (including phenoxy) is 1. The number of benzene rings is 1. The van der Waals surface area contributed by atoms with Gasteiger partial charge in [0.15, 0.2) is 0 Å². The molecule has 2 rings (SSSR count). The van der Waals surface area contributed by atoms with E-state index >= 15 is 0 Å². The zero-order valence-corrected chi connectivity index (χ0v) is 11.4. The van der Waals surface area contributed by atoms with E-state index in [1.165, 1.54) is 0 Å².